The van der Waals surface area contributed by atoms with E-state index in [-0.39, 0.29) is 0 Å². The van der Waals surface area contributed by atoms with Gasteiger partial charge in [-0.05, 0) is 25.3 Å². The van der Waals surface area contributed by atoms with Gasteiger partial charge in [-0.3, -0.25) is 0 Å². The first-order chi connectivity index (χ1) is 8.19. The maximum atomic E-state index is 3.80. The van der Waals surface area contributed by atoms with Gasteiger partial charge in [-0.25, -0.2) is 0 Å². The van der Waals surface area contributed by atoms with Crippen molar-refractivity contribution in [3.63, 3.8) is 0 Å². The lowest BCUT2D eigenvalue weighted by atomic mass is 9.96. The third-order valence-electron chi connectivity index (χ3n) is 3.64. The Labute approximate surface area is 116 Å². The third kappa shape index (κ3) is 5.44. The van der Waals surface area contributed by atoms with Crippen molar-refractivity contribution in [2.24, 2.45) is 5.92 Å². The molecule has 0 amide bonds. The summed E-state index contributed by atoms with van der Waals surface area (Å²) in [4.78, 5) is 0. The molecule has 4 atom stereocenters. The topological polar surface area (TPSA) is 12.0 Å². The molecular weight excluding hydrogens is 246 g/mol. The van der Waals surface area contributed by atoms with E-state index >= 15 is 0 Å². The molecule has 3 heteroatoms. The summed E-state index contributed by atoms with van der Waals surface area (Å²) < 4.78 is 0. The van der Waals surface area contributed by atoms with Gasteiger partial charge in [0.15, 0.2) is 0 Å². The monoisotopic (exact) mass is 275 g/mol. The summed E-state index contributed by atoms with van der Waals surface area (Å²) in [6.45, 7) is 10.6. The Morgan fingerprint density at radius 3 is 2.53 bits per heavy atom. The third-order valence-corrected chi connectivity index (χ3v) is 6.89. The summed E-state index contributed by atoms with van der Waals surface area (Å²) in [7, 11) is 0. The van der Waals surface area contributed by atoms with Crippen molar-refractivity contribution in [2.45, 2.75) is 63.5 Å². The van der Waals surface area contributed by atoms with Crippen molar-refractivity contribution in [1.29, 1.82) is 0 Å². The van der Waals surface area contributed by atoms with Crippen LogP contribution >= 0.6 is 23.5 Å². The summed E-state index contributed by atoms with van der Waals surface area (Å²) in [5.74, 6) is 3.53. The van der Waals surface area contributed by atoms with Crippen molar-refractivity contribution >= 4 is 23.5 Å². The van der Waals surface area contributed by atoms with Crippen molar-refractivity contribution in [1.82, 2.24) is 5.32 Å². The molecule has 0 radical (unpaired) electrons. The van der Waals surface area contributed by atoms with E-state index in [1.165, 1.54) is 37.3 Å². The summed E-state index contributed by atoms with van der Waals surface area (Å²) in [5.41, 5.74) is 0. The van der Waals surface area contributed by atoms with E-state index < -0.39 is 0 Å². The Balaban J connectivity index is 2.53. The van der Waals surface area contributed by atoms with Gasteiger partial charge < -0.3 is 5.32 Å². The SMILES string of the molecule is CCCNC(CC(C)CC)C1SCCSC1C. The second-order valence-electron chi connectivity index (χ2n) is 5.22. The van der Waals surface area contributed by atoms with E-state index in [1.807, 2.05) is 0 Å². The Morgan fingerprint density at radius 1 is 1.24 bits per heavy atom. The minimum absolute atomic E-state index is 0.720. The van der Waals surface area contributed by atoms with Crippen molar-refractivity contribution < 1.29 is 0 Å². The molecule has 1 rings (SSSR count). The van der Waals surface area contributed by atoms with Crippen LogP contribution in [0, 0.1) is 5.92 Å². The normalized spacial score (nSPS) is 28.9. The van der Waals surface area contributed by atoms with E-state index in [9.17, 15) is 0 Å². The number of hydrogen-bond acceptors (Lipinski definition) is 3. The van der Waals surface area contributed by atoms with E-state index in [4.69, 9.17) is 0 Å². The molecule has 0 spiro atoms. The molecule has 4 unspecified atom stereocenters. The number of thioether (sulfide) groups is 2. The first-order valence-electron chi connectivity index (χ1n) is 7.15. The quantitative estimate of drug-likeness (QED) is 0.753. The van der Waals surface area contributed by atoms with E-state index in [0.29, 0.717) is 0 Å². The van der Waals surface area contributed by atoms with E-state index in [1.54, 1.807) is 0 Å². The van der Waals surface area contributed by atoms with Crippen molar-refractivity contribution in [3.8, 4) is 0 Å². The van der Waals surface area contributed by atoms with Gasteiger partial charge in [-0.2, -0.15) is 23.5 Å². The zero-order valence-corrected chi connectivity index (χ0v) is 13.5. The van der Waals surface area contributed by atoms with E-state index in [2.05, 4.69) is 56.5 Å². The molecule has 0 bridgehead atoms. The van der Waals surface area contributed by atoms with Crippen LogP contribution in [0.15, 0.2) is 0 Å². The largest absolute Gasteiger partial charge is 0.313 e. The van der Waals surface area contributed by atoms with Gasteiger partial charge in [-0.1, -0.05) is 34.1 Å². The van der Waals surface area contributed by atoms with Gasteiger partial charge in [0.05, 0.1) is 0 Å². The molecule has 0 aliphatic carbocycles. The Bertz CT molecular complexity index is 199. The van der Waals surface area contributed by atoms with Crippen molar-refractivity contribution in [2.75, 3.05) is 18.1 Å². The lowest BCUT2D eigenvalue weighted by molar-refractivity contribution is 0.383. The van der Waals surface area contributed by atoms with Crippen molar-refractivity contribution in [3.05, 3.63) is 0 Å². The first-order valence-corrected chi connectivity index (χ1v) is 9.25. The molecule has 1 nitrogen and oxygen atoms in total. The molecule has 102 valence electrons. The van der Waals surface area contributed by atoms with Crippen LogP contribution in [0.25, 0.3) is 0 Å². The summed E-state index contributed by atoms with van der Waals surface area (Å²) in [6.07, 6.45) is 3.90. The molecule has 1 saturated heterocycles. The average molecular weight is 276 g/mol. The maximum Gasteiger partial charge on any atom is 0.0317 e. The minimum Gasteiger partial charge on any atom is -0.313 e. The summed E-state index contributed by atoms with van der Waals surface area (Å²) >= 11 is 4.36. The van der Waals surface area contributed by atoms with Crippen LogP contribution in [-0.4, -0.2) is 34.6 Å². The second-order valence-corrected chi connectivity index (χ2v) is 7.99. The van der Waals surface area contributed by atoms with Gasteiger partial charge in [0.2, 0.25) is 0 Å². The van der Waals surface area contributed by atoms with Crippen LogP contribution in [0.2, 0.25) is 0 Å². The van der Waals surface area contributed by atoms with Gasteiger partial charge in [-0.15, -0.1) is 0 Å². The summed E-state index contributed by atoms with van der Waals surface area (Å²) in [5, 5.41) is 5.43. The summed E-state index contributed by atoms with van der Waals surface area (Å²) in [6, 6.07) is 0.720. The highest BCUT2D eigenvalue weighted by Gasteiger charge is 2.30. The molecule has 0 aromatic heterocycles. The van der Waals surface area contributed by atoms with E-state index in [0.717, 1.165) is 22.5 Å². The van der Waals surface area contributed by atoms with Gasteiger partial charge in [0, 0.05) is 28.0 Å². The Kier molecular flexibility index (Phi) is 8.05. The lowest BCUT2D eigenvalue weighted by Crippen LogP contribution is -2.45. The Hall–Kier alpha value is 0.660. The molecule has 1 fully saturated rings. The zero-order chi connectivity index (χ0) is 12.7. The standard InChI is InChI=1S/C14H29NS2/c1-5-7-15-13(10-11(3)6-2)14-12(4)16-8-9-17-14/h11-15H,5-10H2,1-4H3. The second kappa shape index (κ2) is 8.71. The van der Waals surface area contributed by atoms with Crippen LogP contribution in [-0.2, 0) is 0 Å². The highest BCUT2D eigenvalue weighted by atomic mass is 32.2. The van der Waals surface area contributed by atoms with Crippen LogP contribution in [0.4, 0.5) is 0 Å². The minimum atomic E-state index is 0.720. The van der Waals surface area contributed by atoms with Gasteiger partial charge >= 0.3 is 0 Å². The molecule has 0 aromatic carbocycles. The Morgan fingerprint density at radius 2 is 1.94 bits per heavy atom. The highest BCUT2D eigenvalue weighted by molar-refractivity contribution is 8.07. The molecule has 1 N–H and O–H groups in total. The van der Waals surface area contributed by atoms with Crippen LogP contribution in [0.1, 0.15) is 47.0 Å². The molecule has 0 saturated carbocycles. The van der Waals surface area contributed by atoms with Crippen LogP contribution in [0.3, 0.4) is 0 Å². The predicted molar refractivity (Wildman–Crippen MR) is 84.3 cm³/mol. The molecule has 1 aliphatic heterocycles. The molecule has 1 heterocycles. The fourth-order valence-corrected chi connectivity index (χ4v) is 5.33. The lowest BCUT2D eigenvalue weighted by Gasteiger charge is -2.36. The van der Waals surface area contributed by atoms with Crippen LogP contribution < -0.4 is 5.32 Å². The van der Waals surface area contributed by atoms with Crippen LogP contribution in [0.5, 0.6) is 0 Å². The number of nitrogens with one attached hydrogen (secondary N) is 1. The zero-order valence-electron chi connectivity index (χ0n) is 11.9. The highest BCUT2D eigenvalue weighted by Crippen LogP contribution is 2.35. The predicted octanol–water partition coefficient (Wildman–Crippen LogP) is 4.03. The first kappa shape index (κ1) is 15.7. The van der Waals surface area contributed by atoms with Gasteiger partial charge in [0.25, 0.3) is 0 Å². The average Bonchev–Trinajstić information content (AvgIpc) is 2.35. The smallest absolute Gasteiger partial charge is 0.0317 e. The number of rotatable bonds is 7. The fourth-order valence-electron chi connectivity index (χ4n) is 2.36. The molecule has 17 heavy (non-hydrogen) atoms. The molecular formula is C14H29NS2. The number of hydrogen-bond donors (Lipinski definition) is 1. The molecule has 1 aliphatic rings. The fraction of sp³-hybridized carbons (Fsp3) is 1.00. The molecule has 0 aromatic rings. The maximum absolute atomic E-state index is 3.80. The van der Waals surface area contributed by atoms with Gasteiger partial charge in [0.1, 0.15) is 0 Å².